The summed E-state index contributed by atoms with van der Waals surface area (Å²) in [6, 6.07) is 0. The lowest BCUT2D eigenvalue weighted by Gasteiger charge is -2.34. The zero-order valence-corrected chi connectivity index (χ0v) is 7.72. The Hall–Kier alpha value is -0.300. The van der Waals surface area contributed by atoms with Crippen LogP contribution in [0.5, 0.6) is 0 Å². The highest BCUT2D eigenvalue weighted by Crippen LogP contribution is 2.38. The van der Waals surface area contributed by atoms with Gasteiger partial charge in [-0.3, -0.25) is 0 Å². The fourth-order valence-corrected chi connectivity index (χ4v) is 1.98. The first-order valence-corrected chi connectivity index (χ1v) is 4.36. The summed E-state index contributed by atoms with van der Waals surface area (Å²) in [7, 11) is 0. The van der Waals surface area contributed by atoms with E-state index < -0.39 is 0 Å². The van der Waals surface area contributed by atoms with Crippen LogP contribution in [-0.2, 0) is 0 Å². The number of hydrogen-bond acceptors (Lipinski definition) is 1. The van der Waals surface area contributed by atoms with E-state index in [0.717, 1.165) is 12.3 Å². The van der Waals surface area contributed by atoms with E-state index in [2.05, 4.69) is 26.8 Å². The van der Waals surface area contributed by atoms with E-state index in [4.69, 9.17) is 5.11 Å². The SMILES string of the molecule is CC1CC=C(CO)C(C)(C)C1. The Labute approximate surface area is 69.1 Å². The van der Waals surface area contributed by atoms with Crippen LogP contribution in [0, 0.1) is 11.3 Å². The maximum Gasteiger partial charge on any atom is 0.0646 e. The molecule has 1 N–H and O–H groups in total. The Morgan fingerprint density at radius 3 is 2.73 bits per heavy atom. The molecule has 0 heterocycles. The fourth-order valence-electron chi connectivity index (χ4n) is 1.98. The molecule has 1 rings (SSSR count). The van der Waals surface area contributed by atoms with Gasteiger partial charge in [0, 0.05) is 0 Å². The first-order chi connectivity index (χ1) is 5.06. The molecule has 0 aromatic carbocycles. The van der Waals surface area contributed by atoms with Crippen molar-refractivity contribution in [3.8, 4) is 0 Å². The van der Waals surface area contributed by atoms with E-state index in [1.165, 1.54) is 12.0 Å². The second-order valence-corrected chi connectivity index (χ2v) is 4.32. The molecule has 1 atom stereocenters. The molecular formula is C10H18O. The van der Waals surface area contributed by atoms with Crippen molar-refractivity contribution in [2.75, 3.05) is 6.61 Å². The molecule has 0 amide bonds. The average molecular weight is 154 g/mol. The molecule has 0 bridgehead atoms. The van der Waals surface area contributed by atoms with Crippen molar-refractivity contribution >= 4 is 0 Å². The minimum Gasteiger partial charge on any atom is -0.392 e. The van der Waals surface area contributed by atoms with Crippen LogP contribution in [0.25, 0.3) is 0 Å². The van der Waals surface area contributed by atoms with Gasteiger partial charge in [-0.05, 0) is 29.7 Å². The van der Waals surface area contributed by atoms with Crippen LogP contribution < -0.4 is 0 Å². The van der Waals surface area contributed by atoms with Gasteiger partial charge in [-0.25, -0.2) is 0 Å². The van der Waals surface area contributed by atoms with Gasteiger partial charge >= 0.3 is 0 Å². The maximum absolute atomic E-state index is 9.04. The van der Waals surface area contributed by atoms with Crippen molar-refractivity contribution in [2.24, 2.45) is 11.3 Å². The number of hydrogen-bond donors (Lipinski definition) is 1. The summed E-state index contributed by atoms with van der Waals surface area (Å²) in [4.78, 5) is 0. The van der Waals surface area contributed by atoms with Crippen LogP contribution in [0.15, 0.2) is 11.6 Å². The predicted octanol–water partition coefficient (Wildman–Crippen LogP) is 2.36. The molecule has 0 spiro atoms. The van der Waals surface area contributed by atoms with Crippen LogP contribution in [0.4, 0.5) is 0 Å². The van der Waals surface area contributed by atoms with Crippen LogP contribution in [0.3, 0.4) is 0 Å². The number of rotatable bonds is 1. The van der Waals surface area contributed by atoms with Gasteiger partial charge in [0.2, 0.25) is 0 Å². The molecule has 64 valence electrons. The Morgan fingerprint density at radius 1 is 1.64 bits per heavy atom. The molecule has 1 nitrogen and oxygen atoms in total. The standard InChI is InChI=1S/C10H18O/c1-8-4-5-9(7-11)10(2,3)6-8/h5,8,11H,4,6-7H2,1-3H3. The second kappa shape index (κ2) is 2.98. The van der Waals surface area contributed by atoms with Gasteiger partial charge in [0.1, 0.15) is 0 Å². The molecule has 0 fully saturated rings. The third-order valence-electron chi connectivity index (χ3n) is 2.67. The molecule has 0 aromatic rings. The van der Waals surface area contributed by atoms with E-state index in [9.17, 15) is 0 Å². The van der Waals surface area contributed by atoms with Crippen molar-refractivity contribution in [3.05, 3.63) is 11.6 Å². The van der Waals surface area contributed by atoms with Gasteiger partial charge in [0.15, 0.2) is 0 Å². The third kappa shape index (κ3) is 1.84. The first-order valence-electron chi connectivity index (χ1n) is 4.36. The van der Waals surface area contributed by atoms with Crippen molar-refractivity contribution < 1.29 is 5.11 Å². The normalized spacial score (nSPS) is 29.8. The Kier molecular flexibility index (Phi) is 2.38. The van der Waals surface area contributed by atoms with Crippen molar-refractivity contribution in [2.45, 2.75) is 33.6 Å². The molecule has 1 aliphatic rings. The summed E-state index contributed by atoms with van der Waals surface area (Å²) >= 11 is 0. The van der Waals surface area contributed by atoms with Crippen LogP contribution in [0.2, 0.25) is 0 Å². The molecule has 0 radical (unpaired) electrons. The van der Waals surface area contributed by atoms with Crippen molar-refractivity contribution in [1.82, 2.24) is 0 Å². The molecule has 0 saturated carbocycles. The molecule has 1 heteroatoms. The summed E-state index contributed by atoms with van der Waals surface area (Å²) in [5.41, 5.74) is 1.45. The second-order valence-electron chi connectivity index (χ2n) is 4.32. The van der Waals surface area contributed by atoms with Gasteiger partial charge < -0.3 is 5.11 Å². The maximum atomic E-state index is 9.04. The minimum atomic E-state index is 0.229. The lowest BCUT2D eigenvalue weighted by atomic mass is 9.72. The molecule has 0 aliphatic heterocycles. The highest BCUT2D eigenvalue weighted by Gasteiger charge is 2.28. The van der Waals surface area contributed by atoms with E-state index in [1.807, 2.05) is 0 Å². The van der Waals surface area contributed by atoms with Crippen LogP contribution in [-0.4, -0.2) is 11.7 Å². The molecule has 11 heavy (non-hydrogen) atoms. The summed E-state index contributed by atoms with van der Waals surface area (Å²) in [5.74, 6) is 0.778. The van der Waals surface area contributed by atoms with Gasteiger partial charge in [-0.15, -0.1) is 0 Å². The summed E-state index contributed by atoms with van der Waals surface area (Å²) < 4.78 is 0. The zero-order chi connectivity index (χ0) is 8.48. The van der Waals surface area contributed by atoms with Crippen LogP contribution in [0.1, 0.15) is 33.6 Å². The highest BCUT2D eigenvalue weighted by atomic mass is 16.3. The van der Waals surface area contributed by atoms with Gasteiger partial charge in [-0.2, -0.15) is 0 Å². The van der Waals surface area contributed by atoms with E-state index in [0.29, 0.717) is 0 Å². The predicted molar refractivity (Wildman–Crippen MR) is 47.3 cm³/mol. The first kappa shape index (κ1) is 8.79. The topological polar surface area (TPSA) is 20.2 Å². The van der Waals surface area contributed by atoms with Gasteiger partial charge in [-0.1, -0.05) is 26.8 Å². The summed E-state index contributed by atoms with van der Waals surface area (Å²) in [6.07, 6.45) is 4.55. The summed E-state index contributed by atoms with van der Waals surface area (Å²) in [6.45, 7) is 6.93. The Morgan fingerprint density at radius 2 is 2.27 bits per heavy atom. The Balaban J connectivity index is 2.77. The smallest absolute Gasteiger partial charge is 0.0646 e. The third-order valence-corrected chi connectivity index (χ3v) is 2.67. The summed E-state index contributed by atoms with van der Waals surface area (Å²) in [5, 5.41) is 9.04. The van der Waals surface area contributed by atoms with Gasteiger partial charge in [0.05, 0.1) is 6.61 Å². The molecular weight excluding hydrogens is 136 g/mol. The minimum absolute atomic E-state index is 0.229. The monoisotopic (exact) mass is 154 g/mol. The van der Waals surface area contributed by atoms with Crippen molar-refractivity contribution in [1.29, 1.82) is 0 Å². The van der Waals surface area contributed by atoms with Crippen molar-refractivity contribution in [3.63, 3.8) is 0 Å². The average Bonchev–Trinajstić information content (AvgIpc) is 1.85. The lowest BCUT2D eigenvalue weighted by molar-refractivity contribution is 0.243. The Bertz CT molecular complexity index is 168. The highest BCUT2D eigenvalue weighted by molar-refractivity contribution is 5.15. The number of allylic oxidation sites excluding steroid dienone is 1. The zero-order valence-electron chi connectivity index (χ0n) is 7.72. The number of aliphatic hydroxyl groups is 1. The number of aliphatic hydroxyl groups excluding tert-OH is 1. The van der Waals surface area contributed by atoms with E-state index in [-0.39, 0.29) is 12.0 Å². The fraction of sp³-hybridized carbons (Fsp3) is 0.800. The van der Waals surface area contributed by atoms with Gasteiger partial charge in [0.25, 0.3) is 0 Å². The van der Waals surface area contributed by atoms with E-state index in [1.54, 1.807) is 0 Å². The molecule has 0 saturated heterocycles. The molecule has 1 unspecified atom stereocenters. The molecule has 1 aliphatic carbocycles. The lowest BCUT2D eigenvalue weighted by Crippen LogP contribution is -2.24. The van der Waals surface area contributed by atoms with E-state index >= 15 is 0 Å². The molecule has 0 aromatic heterocycles. The van der Waals surface area contributed by atoms with Crippen LogP contribution >= 0.6 is 0 Å². The quantitative estimate of drug-likeness (QED) is 0.575. The largest absolute Gasteiger partial charge is 0.392 e.